The molecule has 0 radical (unpaired) electrons. The minimum Gasteiger partial charge on any atom is -0.501 e. The lowest BCUT2D eigenvalue weighted by Gasteiger charge is -2.22. The molecule has 0 spiro atoms. The predicted octanol–water partition coefficient (Wildman–Crippen LogP) is 1.75. The van der Waals surface area contributed by atoms with E-state index in [1.807, 2.05) is 30.3 Å². The van der Waals surface area contributed by atoms with Crippen LogP contribution in [-0.2, 0) is 14.3 Å². The lowest BCUT2D eigenvalue weighted by atomic mass is 9.85. The fraction of sp³-hybridized carbons (Fsp3) is 0.250. The van der Waals surface area contributed by atoms with Gasteiger partial charge in [0.2, 0.25) is 0 Å². The van der Waals surface area contributed by atoms with Gasteiger partial charge in [-0.3, -0.25) is 9.59 Å². The molecular formula is C16H16O4. The average molecular weight is 272 g/mol. The Morgan fingerprint density at radius 3 is 2.65 bits per heavy atom. The minimum absolute atomic E-state index is 0.0448. The molecule has 20 heavy (non-hydrogen) atoms. The highest BCUT2D eigenvalue weighted by atomic mass is 16.5. The van der Waals surface area contributed by atoms with E-state index in [2.05, 4.69) is 0 Å². The van der Waals surface area contributed by atoms with Crippen LogP contribution in [0.1, 0.15) is 12.0 Å². The van der Waals surface area contributed by atoms with Gasteiger partial charge in [-0.25, -0.2) is 0 Å². The quantitative estimate of drug-likeness (QED) is 0.670. The number of allylic oxidation sites excluding steroid dienone is 2. The van der Waals surface area contributed by atoms with Crippen LogP contribution in [0.5, 0.6) is 0 Å². The first-order valence-corrected chi connectivity index (χ1v) is 6.34. The third-order valence-corrected chi connectivity index (χ3v) is 3.20. The van der Waals surface area contributed by atoms with Crippen molar-refractivity contribution >= 4 is 17.6 Å². The van der Waals surface area contributed by atoms with Gasteiger partial charge < -0.3 is 9.84 Å². The summed E-state index contributed by atoms with van der Waals surface area (Å²) in [6, 6.07) is 9.30. The standard InChI is InChI=1S/C16H16O4/c1-20-12-9-14(18)16(15(19)10-12)13(17)8-7-11-5-3-2-4-6-11/h2-9,14,16,18H,10H2,1H3. The van der Waals surface area contributed by atoms with E-state index >= 15 is 0 Å². The largest absolute Gasteiger partial charge is 0.501 e. The summed E-state index contributed by atoms with van der Waals surface area (Å²) in [5, 5.41) is 9.88. The Morgan fingerprint density at radius 2 is 2.05 bits per heavy atom. The zero-order chi connectivity index (χ0) is 14.5. The second-order valence-corrected chi connectivity index (χ2v) is 4.59. The van der Waals surface area contributed by atoms with Gasteiger partial charge >= 0.3 is 0 Å². The van der Waals surface area contributed by atoms with E-state index in [0.717, 1.165) is 5.56 Å². The predicted molar refractivity (Wildman–Crippen MR) is 74.7 cm³/mol. The Balaban J connectivity index is 2.12. The number of ketones is 2. The lowest BCUT2D eigenvalue weighted by Crippen LogP contribution is -2.36. The average Bonchev–Trinajstić information content (AvgIpc) is 2.45. The number of carbonyl (C=O) groups is 2. The van der Waals surface area contributed by atoms with Crippen LogP contribution in [0.3, 0.4) is 0 Å². The first-order chi connectivity index (χ1) is 9.61. The molecule has 1 N–H and O–H groups in total. The highest BCUT2D eigenvalue weighted by Crippen LogP contribution is 2.22. The zero-order valence-corrected chi connectivity index (χ0v) is 11.2. The zero-order valence-electron chi connectivity index (χ0n) is 11.2. The van der Waals surface area contributed by atoms with Gasteiger partial charge in [0.05, 0.1) is 19.6 Å². The molecule has 0 amide bonds. The molecule has 0 saturated carbocycles. The summed E-state index contributed by atoms with van der Waals surface area (Å²) in [7, 11) is 1.43. The fourth-order valence-electron chi connectivity index (χ4n) is 2.13. The number of Topliss-reactive ketones (excluding diaryl/α,β-unsaturated/α-hetero) is 1. The van der Waals surface area contributed by atoms with Crippen LogP contribution in [-0.4, -0.2) is 29.9 Å². The van der Waals surface area contributed by atoms with Crippen LogP contribution < -0.4 is 0 Å². The van der Waals surface area contributed by atoms with E-state index in [1.165, 1.54) is 19.3 Å². The van der Waals surface area contributed by atoms with Crippen molar-refractivity contribution in [3.63, 3.8) is 0 Å². The topological polar surface area (TPSA) is 63.6 Å². The molecule has 0 saturated heterocycles. The normalized spacial score (nSPS) is 22.7. The summed E-state index contributed by atoms with van der Waals surface area (Å²) >= 11 is 0. The van der Waals surface area contributed by atoms with Gasteiger partial charge in [-0.2, -0.15) is 0 Å². The molecule has 1 aliphatic carbocycles. The molecule has 2 unspecified atom stereocenters. The van der Waals surface area contributed by atoms with Gasteiger partial charge in [0.1, 0.15) is 11.7 Å². The second kappa shape index (κ2) is 6.30. The molecular weight excluding hydrogens is 256 g/mol. The minimum atomic E-state index is -1.13. The van der Waals surface area contributed by atoms with Crippen LogP contribution in [0.4, 0.5) is 0 Å². The van der Waals surface area contributed by atoms with Gasteiger partial charge in [-0.05, 0) is 17.7 Å². The maximum Gasteiger partial charge on any atom is 0.169 e. The number of methoxy groups -OCH3 is 1. The van der Waals surface area contributed by atoms with Crippen LogP contribution in [0.2, 0.25) is 0 Å². The molecule has 2 rings (SSSR count). The molecule has 4 heteroatoms. The lowest BCUT2D eigenvalue weighted by molar-refractivity contribution is -0.134. The van der Waals surface area contributed by atoms with Crippen molar-refractivity contribution in [1.82, 2.24) is 0 Å². The summed E-state index contributed by atoms with van der Waals surface area (Å²) in [4.78, 5) is 23.9. The first-order valence-electron chi connectivity index (χ1n) is 6.34. The van der Waals surface area contributed by atoms with Crippen molar-refractivity contribution in [3.8, 4) is 0 Å². The Hall–Kier alpha value is -2.20. The van der Waals surface area contributed by atoms with Crippen LogP contribution in [0, 0.1) is 5.92 Å². The summed E-state index contributed by atoms with van der Waals surface area (Å²) in [5.41, 5.74) is 0.867. The highest BCUT2D eigenvalue weighted by molar-refractivity contribution is 6.10. The molecule has 0 aliphatic heterocycles. The van der Waals surface area contributed by atoms with Gasteiger partial charge in [-0.15, -0.1) is 0 Å². The molecule has 0 fully saturated rings. The fourth-order valence-corrected chi connectivity index (χ4v) is 2.13. The summed E-state index contributed by atoms with van der Waals surface area (Å²) in [6.45, 7) is 0. The van der Waals surface area contributed by atoms with Crippen molar-refractivity contribution in [3.05, 3.63) is 53.8 Å². The van der Waals surface area contributed by atoms with E-state index in [1.54, 1.807) is 6.08 Å². The Bertz CT molecular complexity index is 557. The number of rotatable bonds is 4. The summed E-state index contributed by atoms with van der Waals surface area (Å²) in [6.07, 6.45) is 3.31. The van der Waals surface area contributed by atoms with Crippen molar-refractivity contribution in [2.45, 2.75) is 12.5 Å². The van der Waals surface area contributed by atoms with Crippen LogP contribution in [0.25, 0.3) is 6.08 Å². The molecule has 0 heterocycles. The third-order valence-electron chi connectivity index (χ3n) is 3.20. The molecule has 0 bridgehead atoms. The molecule has 4 nitrogen and oxygen atoms in total. The van der Waals surface area contributed by atoms with E-state index in [-0.39, 0.29) is 12.2 Å². The maximum absolute atomic E-state index is 12.0. The summed E-state index contributed by atoms with van der Waals surface area (Å²) in [5.74, 6) is -1.34. The van der Waals surface area contributed by atoms with Crippen molar-refractivity contribution in [1.29, 1.82) is 0 Å². The monoisotopic (exact) mass is 272 g/mol. The van der Waals surface area contributed by atoms with E-state index in [0.29, 0.717) is 5.76 Å². The molecule has 1 aliphatic rings. The number of aliphatic hydroxyl groups excluding tert-OH is 1. The Labute approximate surface area is 117 Å². The van der Waals surface area contributed by atoms with Crippen molar-refractivity contribution < 1.29 is 19.4 Å². The number of aliphatic hydroxyl groups is 1. The SMILES string of the molecule is COC1=CC(O)C(C(=O)C=Cc2ccccc2)C(=O)C1. The smallest absolute Gasteiger partial charge is 0.169 e. The van der Waals surface area contributed by atoms with E-state index < -0.39 is 17.8 Å². The second-order valence-electron chi connectivity index (χ2n) is 4.59. The first kappa shape index (κ1) is 14.2. The van der Waals surface area contributed by atoms with Gasteiger partial charge in [-0.1, -0.05) is 36.4 Å². The van der Waals surface area contributed by atoms with Crippen molar-refractivity contribution in [2.75, 3.05) is 7.11 Å². The maximum atomic E-state index is 12.0. The van der Waals surface area contributed by atoms with Crippen LogP contribution in [0.15, 0.2) is 48.2 Å². The summed E-state index contributed by atoms with van der Waals surface area (Å²) < 4.78 is 4.94. The third kappa shape index (κ3) is 3.22. The van der Waals surface area contributed by atoms with E-state index in [9.17, 15) is 14.7 Å². The molecule has 1 aromatic carbocycles. The molecule has 1 aromatic rings. The molecule has 104 valence electrons. The molecule has 2 atom stereocenters. The Kier molecular flexibility index (Phi) is 4.48. The Morgan fingerprint density at radius 1 is 1.35 bits per heavy atom. The van der Waals surface area contributed by atoms with Gasteiger partial charge in [0, 0.05) is 0 Å². The number of ether oxygens (including phenoxy) is 1. The number of hydrogen-bond donors (Lipinski definition) is 1. The number of carbonyl (C=O) groups excluding carboxylic acids is 2. The highest BCUT2D eigenvalue weighted by Gasteiger charge is 2.35. The number of benzene rings is 1. The van der Waals surface area contributed by atoms with Gasteiger partial charge in [0.25, 0.3) is 0 Å². The van der Waals surface area contributed by atoms with Crippen LogP contribution >= 0.6 is 0 Å². The number of hydrogen-bond acceptors (Lipinski definition) is 4. The van der Waals surface area contributed by atoms with Crippen molar-refractivity contribution in [2.24, 2.45) is 5.92 Å². The van der Waals surface area contributed by atoms with Gasteiger partial charge in [0.15, 0.2) is 11.6 Å². The van der Waals surface area contributed by atoms with E-state index in [4.69, 9.17) is 4.74 Å². The molecule has 0 aromatic heterocycles.